The van der Waals surface area contributed by atoms with Crippen molar-refractivity contribution < 1.29 is 27.5 Å². The number of nitrogens with one attached hydrogen (secondary N) is 1. The maximum Gasteiger partial charge on any atom is 0.419 e. The maximum atomic E-state index is 13.2. The minimum atomic E-state index is -4.86. The van der Waals surface area contributed by atoms with Crippen LogP contribution < -0.4 is 5.32 Å². The van der Waals surface area contributed by atoms with E-state index in [0.29, 0.717) is 25.0 Å². The standard InChI is InChI=1S/C14H15F4NO2/c15-10-6-5-8(7-9(10)14(16,17)18)13(21)19-11-3-1-2-4-12(11)20/h5-7,11-12,20H,1-4H2,(H,19,21)/t11-,12-/m0/s1. The quantitative estimate of drug-likeness (QED) is 0.826. The van der Waals surface area contributed by atoms with Gasteiger partial charge in [-0.1, -0.05) is 12.8 Å². The van der Waals surface area contributed by atoms with E-state index in [1.165, 1.54) is 0 Å². The van der Waals surface area contributed by atoms with Crippen LogP contribution in [0.4, 0.5) is 17.6 Å². The molecule has 0 saturated heterocycles. The molecule has 0 aromatic heterocycles. The van der Waals surface area contributed by atoms with Gasteiger partial charge in [0.1, 0.15) is 5.82 Å². The molecule has 1 aliphatic rings. The number of alkyl halides is 3. The topological polar surface area (TPSA) is 49.3 Å². The first-order valence-corrected chi connectivity index (χ1v) is 6.64. The zero-order valence-electron chi connectivity index (χ0n) is 11.1. The third-order valence-electron chi connectivity index (χ3n) is 3.58. The zero-order valence-corrected chi connectivity index (χ0v) is 11.1. The first-order chi connectivity index (χ1) is 9.79. The third-order valence-corrected chi connectivity index (χ3v) is 3.58. The van der Waals surface area contributed by atoms with Crippen molar-refractivity contribution in [2.24, 2.45) is 0 Å². The van der Waals surface area contributed by atoms with E-state index in [2.05, 4.69) is 5.32 Å². The largest absolute Gasteiger partial charge is 0.419 e. The van der Waals surface area contributed by atoms with Crippen LogP contribution in [0.5, 0.6) is 0 Å². The van der Waals surface area contributed by atoms with Crippen molar-refractivity contribution in [3.05, 3.63) is 35.1 Å². The van der Waals surface area contributed by atoms with E-state index >= 15 is 0 Å². The molecule has 2 atom stereocenters. The monoisotopic (exact) mass is 305 g/mol. The molecule has 1 aromatic carbocycles. The lowest BCUT2D eigenvalue weighted by atomic mass is 9.92. The summed E-state index contributed by atoms with van der Waals surface area (Å²) in [7, 11) is 0. The fourth-order valence-corrected chi connectivity index (χ4v) is 2.42. The average Bonchev–Trinajstić information content (AvgIpc) is 2.40. The predicted molar refractivity (Wildman–Crippen MR) is 67.1 cm³/mol. The van der Waals surface area contributed by atoms with E-state index in [-0.39, 0.29) is 5.56 Å². The molecule has 1 amide bonds. The number of rotatable bonds is 2. The predicted octanol–water partition coefficient (Wildman–Crippen LogP) is 2.88. The molecule has 1 aromatic rings. The Morgan fingerprint density at radius 3 is 2.52 bits per heavy atom. The van der Waals surface area contributed by atoms with Gasteiger partial charge in [0.05, 0.1) is 17.7 Å². The lowest BCUT2D eigenvalue weighted by Crippen LogP contribution is -2.45. The van der Waals surface area contributed by atoms with Gasteiger partial charge in [-0.2, -0.15) is 13.2 Å². The second-order valence-electron chi connectivity index (χ2n) is 5.12. The minimum absolute atomic E-state index is 0.276. The van der Waals surface area contributed by atoms with E-state index in [1.54, 1.807) is 0 Å². The molecule has 1 fully saturated rings. The number of hydrogen-bond acceptors (Lipinski definition) is 2. The van der Waals surface area contributed by atoms with Crippen molar-refractivity contribution in [3.63, 3.8) is 0 Å². The molecule has 3 nitrogen and oxygen atoms in total. The highest BCUT2D eigenvalue weighted by Crippen LogP contribution is 2.32. The minimum Gasteiger partial charge on any atom is -0.391 e. The summed E-state index contributed by atoms with van der Waals surface area (Å²) >= 11 is 0. The molecule has 7 heteroatoms. The van der Waals surface area contributed by atoms with Crippen LogP contribution in [0.3, 0.4) is 0 Å². The molecule has 0 aliphatic heterocycles. The van der Waals surface area contributed by atoms with Gasteiger partial charge in [0.25, 0.3) is 5.91 Å². The third kappa shape index (κ3) is 3.72. The van der Waals surface area contributed by atoms with Gasteiger partial charge < -0.3 is 10.4 Å². The second-order valence-corrected chi connectivity index (χ2v) is 5.12. The number of benzene rings is 1. The summed E-state index contributed by atoms with van der Waals surface area (Å²) in [6.07, 6.45) is -2.76. The van der Waals surface area contributed by atoms with Crippen molar-refractivity contribution in [2.75, 3.05) is 0 Å². The van der Waals surface area contributed by atoms with Crippen LogP contribution in [0, 0.1) is 5.82 Å². The SMILES string of the molecule is O=C(N[C@H]1CCCC[C@@H]1O)c1ccc(F)c(C(F)(F)F)c1. The molecule has 2 N–H and O–H groups in total. The lowest BCUT2D eigenvalue weighted by molar-refractivity contribution is -0.140. The number of carbonyl (C=O) groups excluding carboxylic acids is 1. The molecule has 0 heterocycles. The van der Waals surface area contributed by atoms with Crippen LogP contribution in [0.2, 0.25) is 0 Å². The summed E-state index contributed by atoms with van der Waals surface area (Å²) in [6, 6.07) is 1.62. The molecule has 0 bridgehead atoms. The molecular weight excluding hydrogens is 290 g/mol. The van der Waals surface area contributed by atoms with Crippen LogP contribution in [-0.4, -0.2) is 23.2 Å². The molecule has 21 heavy (non-hydrogen) atoms. The zero-order chi connectivity index (χ0) is 15.6. The summed E-state index contributed by atoms with van der Waals surface area (Å²) in [6.45, 7) is 0. The summed E-state index contributed by atoms with van der Waals surface area (Å²) in [5.74, 6) is -2.16. The van der Waals surface area contributed by atoms with Crippen molar-refractivity contribution in [2.45, 2.75) is 44.0 Å². The molecular formula is C14H15F4NO2. The Labute approximate surface area is 119 Å². The smallest absolute Gasteiger partial charge is 0.391 e. The molecule has 0 unspecified atom stereocenters. The Kier molecular flexibility index (Phi) is 4.51. The molecule has 116 valence electrons. The molecule has 1 aliphatic carbocycles. The maximum absolute atomic E-state index is 13.2. The van der Waals surface area contributed by atoms with Gasteiger partial charge in [0.2, 0.25) is 0 Å². The van der Waals surface area contributed by atoms with Crippen LogP contribution in [0.25, 0.3) is 0 Å². The summed E-state index contributed by atoms with van der Waals surface area (Å²) in [5, 5.41) is 12.2. The van der Waals surface area contributed by atoms with E-state index in [1.807, 2.05) is 0 Å². The van der Waals surface area contributed by atoms with Gasteiger partial charge in [-0.05, 0) is 31.0 Å². The van der Waals surface area contributed by atoms with Crippen LogP contribution in [-0.2, 0) is 6.18 Å². The highest BCUT2D eigenvalue weighted by Gasteiger charge is 2.35. The van der Waals surface area contributed by atoms with Crippen molar-refractivity contribution in [1.82, 2.24) is 5.32 Å². The normalized spacial score (nSPS) is 22.9. The summed E-state index contributed by atoms with van der Waals surface area (Å²) in [5.41, 5.74) is -1.75. The number of amides is 1. The van der Waals surface area contributed by atoms with Gasteiger partial charge in [0, 0.05) is 5.56 Å². The summed E-state index contributed by atoms with van der Waals surface area (Å²) in [4.78, 5) is 11.9. The average molecular weight is 305 g/mol. The number of aliphatic hydroxyl groups is 1. The second kappa shape index (κ2) is 6.01. The van der Waals surface area contributed by atoms with Gasteiger partial charge in [-0.3, -0.25) is 4.79 Å². The van der Waals surface area contributed by atoms with Crippen molar-refractivity contribution >= 4 is 5.91 Å². The highest BCUT2D eigenvalue weighted by atomic mass is 19.4. The highest BCUT2D eigenvalue weighted by molar-refractivity contribution is 5.94. The number of halogens is 4. The first-order valence-electron chi connectivity index (χ1n) is 6.64. The van der Waals surface area contributed by atoms with E-state index < -0.39 is 35.6 Å². The Morgan fingerprint density at radius 1 is 1.24 bits per heavy atom. The molecule has 0 radical (unpaired) electrons. The van der Waals surface area contributed by atoms with Crippen LogP contribution in [0.15, 0.2) is 18.2 Å². The van der Waals surface area contributed by atoms with Crippen molar-refractivity contribution in [3.8, 4) is 0 Å². The Hall–Kier alpha value is -1.63. The Morgan fingerprint density at radius 2 is 1.90 bits per heavy atom. The number of carbonyl (C=O) groups is 1. The molecule has 2 rings (SSSR count). The fraction of sp³-hybridized carbons (Fsp3) is 0.500. The van der Waals surface area contributed by atoms with Gasteiger partial charge >= 0.3 is 6.18 Å². The Bertz CT molecular complexity index is 530. The number of aliphatic hydroxyl groups excluding tert-OH is 1. The van der Waals surface area contributed by atoms with Gasteiger partial charge in [-0.15, -0.1) is 0 Å². The summed E-state index contributed by atoms with van der Waals surface area (Å²) < 4.78 is 51.0. The van der Waals surface area contributed by atoms with Gasteiger partial charge in [-0.25, -0.2) is 4.39 Å². The lowest BCUT2D eigenvalue weighted by Gasteiger charge is -2.28. The Balaban J connectivity index is 2.16. The van der Waals surface area contributed by atoms with Gasteiger partial charge in [0.15, 0.2) is 0 Å². The first kappa shape index (κ1) is 15.8. The van der Waals surface area contributed by atoms with Crippen LogP contribution >= 0.6 is 0 Å². The molecule has 1 saturated carbocycles. The van der Waals surface area contributed by atoms with E-state index in [4.69, 9.17) is 0 Å². The van der Waals surface area contributed by atoms with E-state index in [9.17, 15) is 27.5 Å². The molecule has 0 spiro atoms. The number of hydrogen-bond donors (Lipinski definition) is 2. The fourth-order valence-electron chi connectivity index (χ4n) is 2.42. The van der Waals surface area contributed by atoms with Crippen LogP contribution in [0.1, 0.15) is 41.6 Å². The van der Waals surface area contributed by atoms with Crippen molar-refractivity contribution in [1.29, 1.82) is 0 Å². The van der Waals surface area contributed by atoms with E-state index in [0.717, 1.165) is 18.9 Å².